The zero-order chi connectivity index (χ0) is 13.1. The number of Topliss-reactive ketones (excluding diaryl/α,β-unsaturated/α-hetero) is 1. The minimum absolute atomic E-state index is 0.0906. The van der Waals surface area contributed by atoms with Crippen LogP contribution in [0.3, 0.4) is 0 Å². The first-order valence-electron chi connectivity index (χ1n) is 6.36. The summed E-state index contributed by atoms with van der Waals surface area (Å²) in [5.41, 5.74) is 4.58. The summed E-state index contributed by atoms with van der Waals surface area (Å²) in [5.74, 6) is -0.258. The summed E-state index contributed by atoms with van der Waals surface area (Å²) in [7, 11) is 0. The molecule has 0 heterocycles. The van der Waals surface area contributed by atoms with Gasteiger partial charge in [-0.25, -0.2) is 0 Å². The van der Waals surface area contributed by atoms with E-state index in [-0.39, 0.29) is 24.2 Å². The highest BCUT2D eigenvalue weighted by atomic mass is 16.1. The molecule has 3 N–H and O–H groups in total. The lowest BCUT2D eigenvalue weighted by Gasteiger charge is -2.36. The molecular formula is C13H24N2O2. The summed E-state index contributed by atoms with van der Waals surface area (Å²) in [6.45, 7) is 6.19. The predicted molar refractivity (Wildman–Crippen MR) is 67.5 cm³/mol. The number of rotatable bonds is 5. The van der Waals surface area contributed by atoms with Gasteiger partial charge in [-0.3, -0.25) is 9.59 Å². The van der Waals surface area contributed by atoms with E-state index < -0.39 is 11.4 Å². The Morgan fingerprint density at radius 1 is 1.18 bits per heavy atom. The molecule has 0 unspecified atom stereocenters. The quantitative estimate of drug-likeness (QED) is 0.765. The molecule has 1 rings (SSSR count). The van der Waals surface area contributed by atoms with Crippen molar-refractivity contribution in [2.45, 2.75) is 70.4 Å². The molecule has 1 amide bonds. The van der Waals surface area contributed by atoms with E-state index in [2.05, 4.69) is 26.1 Å². The Hall–Kier alpha value is -0.900. The second-order valence-electron chi connectivity index (χ2n) is 6.05. The molecule has 1 aliphatic carbocycles. The Bertz CT molecular complexity index is 299. The van der Waals surface area contributed by atoms with Crippen LogP contribution in [-0.2, 0) is 9.59 Å². The second kappa shape index (κ2) is 5.17. The van der Waals surface area contributed by atoms with Gasteiger partial charge in [0.2, 0.25) is 5.91 Å². The molecule has 0 aromatic rings. The van der Waals surface area contributed by atoms with E-state index in [1.165, 1.54) is 0 Å². The fourth-order valence-electron chi connectivity index (χ4n) is 2.65. The highest BCUT2D eigenvalue weighted by Crippen LogP contribution is 2.33. The molecule has 0 bridgehead atoms. The molecule has 0 aromatic heterocycles. The fraction of sp³-hybridized carbons (Fsp3) is 0.846. The second-order valence-corrected chi connectivity index (χ2v) is 6.05. The van der Waals surface area contributed by atoms with Crippen molar-refractivity contribution >= 4 is 11.7 Å². The van der Waals surface area contributed by atoms with Crippen LogP contribution >= 0.6 is 0 Å². The first-order chi connectivity index (χ1) is 7.75. The van der Waals surface area contributed by atoms with Crippen molar-refractivity contribution in [2.75, 3.05) is 0 Å². The molecule has 0 spiro atoms. The Morgan fingerprint density at radius 3 is 2.12 bits per heavy atom. The van der Waals surface area contributed by atoms with E-state index in [0.29, 0.717) is 0 Å². The van der Waals surface area contributed by atoms with Crippen LogP contribution in [0.1, 0.15) is 59.3 Å². The van der Waals surface area contributed by atoms with Crippen LogP contribution in [0.15, 0.2) is 0 Å². The molecule has 4 heteroatoms. The zero-order valence-corrected chi connectivity index (χ0v) is 11.1. The average molecular weight is 240 g/mol. The predicted octanol–water partition coefficient (Wildman–Crippen LogP) is 1.52. The van der Waals surface area contributed by atoms with Gasteiger partial charge < -0.3 is 11.1 Å². The minimum atomic E-state index is -0.423. The molecule has 0 aromatic carbocycles. The van der Waals surface area contributed by atoms with Gasteiger partial charge in [0.15, 0.2) is 5.78 Å². The monoisotopic (exact) mass is 240 g/mol. The maximum absolute atomic E-state index is 12.3. The number of hydrogen-bond donors (Lipinski definition) is 2. The molecule has 1 aliphatic rings. The van der Waals surface area contributed by atoms with Crippen molar-refractivity contribution in [3.8, 4) is 0 Å². The molecule has 98 valence electrons. The topological polar surface area (TPSA) is 72.2 Å². The Kier molecular flexibility index (Phi) is 4.31. The Balaban J connectivity index is 2.70. The van der Waals surface area contributed by atoms with E-state index in [0.717, 1.165) is 25.7 Å². The third kappa shape index (κ3) is 4.11. The molecule has 1 fully saturated rings. The molecular weight excluding hydrogens is 216 g/mol. The number of nitrogens with one attached hydrogen (secondary N) is 1. The van der Waals surface area contributed by atoms with Gasteiger partial charge in [-0.2, -0.15) is 0 Å². The number of hydrogen-bond acceptors (Lipinski definition) is 3. The normalized spacial score (nSPS) is 19.2. The van der Waals surface area contributed by atoms with Crippen LogP contribution in [0.5, 0.6) is 0 Å². The van der Waals surface area contributed by atoms with Crippen LogP contribution in [0.25, 0.3) is 0 Å². The lowest BCUT2D eigenvalue weighted by atomic mass is 9.86. The number of amides is 1. The van der Waals surface area contributed by atoms with Crippen LogP contribution in [-0.4, -0.2) is 22.8 Å². The summed E-state index contributed by atoms with van der Waals surface area (Å²) < 4.78 is 0. The standard InChI is InChI=1S/C13H24N2O2/c1-12(2,3)15-13(8-4-5-9-13)10(16)6-7-11(14)17/h15H,4-9H2,1-3H3,(H2,14,17). The Labute approximate surface area is 103 Å². The highest BCUT2D eigenvalue weighted by Gasteiger charge is 2.42. The van der Waals surface area contributed by atoms with Crippen molar-refractivity contribution < 1.29 is 9.59 Å². The van der Waals surface area contributed by atoms with E-state index in [1.807, 2.05) is 0 Å². The van der Waals surface area contributed by atoms with Crippen LogP contribution in [0, 0.1) is 0 Å². The number of primary amides is 1. The van der Waals surface area contributed by atoms with Crippen LogP contribution in [0.2, 0.25) is 0 Å². The van der Waals surface area contributed by atoms with Gasteiger partial charge in [0.25, 0.3) is 0 Å². The maximum atomic E-state index is 12.3. The highest BCUT2D eigenvalue weighted by molar-refractivity contribution is 5.91. The van der Waals surface area contributed by atoms with E-state index in [1.54, 1.807) is 0 Å². The van der Waals surface area contributed by atoms with E-state index >= 15 is 0 Å². The lowest BCUT2D eigenvalue weighted by Crippen LogP contribution is -2.57. The van der Waals surface area contributed by atoms with Crippen molar-refractivity contribution in [2.24, 2.45) is 5.73 Å². The third-order valence-corrected chi connectivity index (χ3v) is 3.20. The number of carbonyl (C=O) groups excluding carboxylic acids is 2. The van der Waals surface area contributed by atoms with Gasteiger partial charge in [0.05, 0.1) is 5.54 Å². The first kappa shape index (κ1) is 14.2. The Morgan fingerprint density at radius 2 is 1.71 bits per heavy atom. The minimum Gasteiger partial charge on any atom is -0.370 e. The molecule has 1 saturated carbocycles. The summed E-state index contributed by atoms with van der Waals surface area (Å²) in [4.78, 5) is 23.0. The average Bonchev–Trinajstić information content (AvgIpc) is 2.61. The van der Waals surface area contributed by atoms with Gasteiger partial charge in [0, 0.05) is 18.4 Å². The van der Waals surface area contributed by atoms with Crippen molar-refractivity contribution in [3.63, 3.8) is 0 Å². The molecule has 0 atom stereocenters. The van der Waals surface area contributed by atoms with E-state index in [4.69, 9.17) is 5.73 Å². The van der Waals surface area contributed by atoms with Gasteiger partial charge in [-0.05, 0) is 33.6 Å². The fourth-order valence-corrected chi connectivity index (χ4v) is 2.65. The van der Waals surface area contributed by atoms with Crippen molar-refractivity contribution in [1.29, 1.82) is 0 Å². The largest absolute Gasteiger partial charge is 0.370 e. The molecule has 4 nitrogen and oxygen atoms in total. The summed E-state index contributed by atoms with van der Waals surface area (Å²) >= 11 is 0. The van der Waals surface area contributed by atoms with Gasteiger partial charge in [-0.1, -0.05) is 12.8 Å². The number of nitrogens with two attached hydrogens (primary N) is 1. The molecule has 17 heavy (non-hydrogen) atoms. The SMILES string of the molecule is CC(C)(C)NC1(C(=O)CCC(N)=O)CCCC1. The van der Waals surface area contributed by atoms with E-state index in [9.17, 15) is 9.59 Å². The molecule has 0 aliphatic heterocycles. The zero-order valence-electron chi connectivity index (χ0n) is 11.1. The van der Waals surface area contributed by atoms with Gasteiger partial charge >= 0.3 is 0 Å². The van der Waals surface area contributed by atoms with Crippen LogP contribution in [0.4, 0.5) is 0 Å². The van der Waals surface area contributed by atoms with Crippen molar-refractivity contribution in [3.05, 3.63) is 0 Å². The smallest absolute Gasteiger partial charge is 0.217 e. The summed E-state index contributed by atoms with van der Waals surface area (Å²) in [6, 6.07) is 0. The molecule has 0 saturated heterocycles. The third-order valence-electron chi connectivity index (χ3n) is 3.20. The summed E-state index contributed by atoms with van der Waals surface area (Å²) in [6.07, 6.45) is 4.32. The van der Waals surface area contributed by atoms with Gasteiger partial charge in [0.1, 0.15) is 0 Å². The maximum Gasteiger partial charge on any atom is 0.217 e. The lowest BCUT2D eigenvalue weighted by molar-refractivity contribution is -0.128. The number of carbonyl (C=O) groups is 2. The van der Waals surface area contributed by atoms with Crippen LogP contribution < -0.4 is 11.1 Å². The van der Waals surface area contributed by atoms with Crippen molar-refractivity contribution in [1.82, 2.24) is 5.32 Å². The summed E-state index contributed by atoms with van der Waals surface area (Å²) in [5, 5.41) is 3.45. The van der Waals surface area contributed by atoms with Gasteiger partial charge in [-0.15, -0.1) is 0 Å². The number of ketones is 1. The molecule has 0 radical (unpaired) electrons. The first-order valence-corrected chi connectivity index (χ1v) is 6.36.